The molecule has 0 amide bonds. The first kappa shape index (κ1) is 20.7. The number of nitro groups is 1. The highest BCUT2D eigenvalue weighted by molar-refractivity contribution is 7.15. The van der Waals surface area contributed by atoms with E-state index in [1.165, 1.54) is 11.3 Å². The lowest BCUT2D eigenvalue weighted by Crippen LogP contribution is -2.08. The van der Waals surface area contributed by atoms with E-state index in [4.69, 9.17) is 11.6 Å². The van der Waals surface area contributed by atoms with Gasteiger partial charge in [-0.1, -0.05) is 11.6 Å². The van der Waals surface area contributed by atoms with Crippen molar-refractivity contribution in [2.24, 2.45) is 0 Å². The van der Waals surface area contributed by atoms with Gasteiger partial charge in [-0.05, 0) is 32.0 Å². The quantitative estimate of drug-likeness (QED) is 0.388. The Hall–Kier alpha value is -2.99. The number of hydrogen-bond donors (Lipinski definition) is 2. The molecular weight excluding hydrogens is 433 g/mol. The third-order valence-electron chi connectivity index (χ3n) is 3.81. The lowest BCUT2D eigenvalue weighted by Gasteiger charge is -2.13. The highest BCUT2D eigenvalue weighted by atomic mass is 35.5. The monoisotopic (exact) mass is 444 g/mol. The van der Waals surface area contributed by atoms with Crippen molar-refractivity contribution in [2.45, 2.75) is 20.0 Å². The molecule has 0 unspecified atom stereocenters. The molecule has 3 rings (SSSR count). The van der Waals surface area contributed by atoms with Crippen LogP contribution in [-0.2, 0) is 6.18 Å². The fourth-order valence-electron chi connectivity index (χ4n) is 2.29. The summed E-state index contributed by atoms with van der Waals surface area (Å²) in [4.78, 5) is 23.7. The molecule has 2 aromatic heterocycles. The molecule has 0 aliphatic carbocycles. The molecule has 0 spiro atoms. The van der Waals surface area contributed by atoms with Crippen LogP contribution in [0.1, 0.15) is 16.1 Å². The maximum Gasteiger partial charge on any atom is 0.416 e. The third-order valence-corrected chi connectivity index (χ3v) is 5.12. The first-order chi connectivity index (χ1) is 13.6. The van der Waals surface area contributed by atoms with Crippen LogP contribution in [0.5, 0.6) is 0 Å². The number of halogens is 4. The molecule has 0 fully saturated rings. The van der Waals surface area contributed by atoms with E-state index in [1.54, 1.807) is 6.92 Å². The molecule has 2 N–H and O–H groups in total. The Morgan fingerprint density at radius 2 is 1.83 bits per heavy atom. The smallest absolute Gasteiger partial charge is 0.333 e. The maximum absolute atomic E-state index is 13.0. The van der Waals surface area contributed by atoms with Crippen LogP contribution in [-0.4, -0.2) is 19.9 Å². The van der Waals surface area contributed by atoms with Gasteiger partial charge >= 0.3 is 11.9 Å². The topological polar surface area (TPSA) is 106 Å². The van der Waals surface area contributed by atoms with Gasteiger partial charge in [0.1, 0.15) is 6.33 Å². The summed E-state index contributed by atoms with van der Waals surface area (Å²) in [6, 6.07) is 2.59. The number of nitrogens with zero attached hydrogens (tertiary/aromatic N) is 4. The number of hydrogen-bond acceptors (Lipinski definition) is 8. The molecule has 0 aliphatic rings. The molecule has 1 aromatic carbocycles. The van der Waals surface area contributed by atoms with Gasteiger partial charge in [0.15, 0.2) is 5.13 Å². The fraction of sp³-hybridized carbons (Fsp3) is 0.188. The Bertz CT molecular complexity index is 1070. The largest absolute Gasteiger partial charge is 0.416 e. The molecule has 0 radical (unpaired) electrons. The number of alkyl halides is 3. The summed E-state index contributed by atoms with van der Waals surface area (Å²) in [6.45, 7) is 3.63. The first-order valence-electron chi connectivity index (χ1n) is 7.90. The SMILES string of the molecule is Cc1nc(Nc2ncnc(Nc3cc(C(F)(F)F)ccc3Cl)c2[N+](=O)[O-])sc1C. The van der Waals surface area contributed by atoms with Crippen molar-refractivity contribution in [1.82, 2.24) is 15.0 Å². The minimum Gasteiger partial charge on any atom is -0.333 e. The van der Waals surface area contributed by atoms with Gasteiger partial charge in [0.2, 0.25) is 11.6 Å². The van der Waals surface area contributed by atoms with Crippen molar-refractivity contribution in [3.63, 3.8) is 0 Å². The number of anilines is 4. The van der Waals surface area contributed by atoms with Gasteiger partial charge < -0.3 is 10.6 Å². The van der Waals surface area contributed by atoms with E-state index in [9.17, 15) is 23.3 Å². The molecule has 0 saturated heterocycles. The summed E-state index contributed by atoms with van der Waals surface area (Å²) in [7, 11) is 0. The van der Waals surface area contributed by atoms with E-state index in [0.29, 0.717) is 5.13 Å². The summed E-state index contributed by atoms with van der Waals surface area (Å²) >= 11 is 7.23. The Morgan fingerprint density at radius 3 is 2.38 bits per heavy atom. The molecule has 3 aromatic rings. The van der Waals surface area contributed by atoms with E-state index in [1.807, 2.05) is 6.92 Å². The number of aromatic nitrogens is 3. The molecule has 29 heavy (non-hydrogen) atoms. The van der Waals surface area contributed by atoms with E-state index < -0.39 is 22.4 Å². The summed E-state index contributed by atoms with van der Waals surface area (Å²) < 4.78 is 38.9. The van der Waals surface area contributed by atoms with E-state index in [0.717, 1.165) is 35.1 Å². The second-order valence-electron chi connectivity index (χ2n) is 5.78. The number of benzene rings is 1. The highest BCUT2D eigenvalue weighted by Gasteiger charge is 2.31. The first-order valence-corrected chi connectivity index (χ1v) is 9.10. The molecule has 0 atom stereocenters. The second kappa shape index (κ2) is 7.79. The maximum atomic E-state index is 13.0. The Balaban J connectivity index is 2.01. The van der Waals surface area contributed by atoms with Crippen molar-refractivity contribution in [3.05, 3.63) is 55.8 Å². The zero-order valence-electron chi connectivity index (χ0n) is 14.8. The van der Waals surface area contributed by atoms with E-state index in [2.05, 4.69) is 25.6 Å². The van der Waals surface area contributed by atoms with Crippen LogP contribution in [0.2, 0.25) is 5.02 Å². The number of aryl methyl sites for hydroxylation is 2. The molecule has 152 valence electrons. The molecule has 8 nitrogen and oxygen atoms in total. The number of rotatable bonds is 5. The normalized spacial score (nSPS) is 11.4. The molecule has 0 bridgehead atoms. The molecular formula is C16H12ClF3N6O2S. The molecule has 2 heterocycles. The third kappa shape index (κ3) is 4.54. The predicted octanol–water partition coefficient (Wildman–Crippen LogP) is 5.62. The average Bonchev–Trinajstić information content (AvgIpc) is 2.93. The minimum atomic E-state index is -4.61. The standard InChI is InChI=1S/C16H12ClF3N6O2S/c1-7-8(2)29-15(23-7)25-14-12(26(27)28)13(21-6-22-14)24-11-5-9(16(18,19)20)3-4-10(11)17/h3-6H,1-2H3,(H2,21,22,23,24,25). The van der Waals surface area contributed by atoms with Crippen LogP contribution in [0.15, 0.2) is 24.5 Å². The van der Waals surface area contributed by atoms with Crippen molar-refractivity contribution in [3.8, 4) is 0 Å². The van der Waals surface area contributed by atoms with Gasteiger partial charge in [0.05, 0.1) is 26.9 Å². The van der Waals surface area contributed by atoms with Crippen molar-refractivity contribution in [2.75, 3.05) is 10.6 Å². The van der Waals surface area contributed by atoms with E-state index >= 15 is 0 Å². The van der Waals surface area contributed by atoms with Gasteiger partial charge in [0.25, 0.3) is 0 Å². The highest BCUT2D eigenvalue weighted by Crippen LogP contribution is 2.38. The summed E-state index contributed by atoms with van der Waals surface area (Å²) in [5.74, 6) is -0.483. The van der Waals surface area contributed by atoms with Crippen LogP contribution in [0.4, 0.5) is 41.3 Å². The van der Waals surface area contributed by atoms with Crippen LogP contribution < -0.4 is 10.6 Å². The Labute approximate surface area is 170 Å². The lowest BCUT2D eigenvalue weighted by molar-refractivity contribution is -0.383. The summed E-state index contributed by atoms with van der Waals surface area (Å²) in [5.41, 5.74) is -0.960. The van der Waals surface area contributed by atoms with Crippen molar-refractivity contribution in [1.29, 1.82) is 0 Å². The predicted molar refractivity (Wildman–Crippen MR) is 103 cm³/mol. The summed E-state index contributed by atoms with van der Waals surface area (Å²) in [6.07, 6.45) is -3.57. The zero-order chi connectivity index (χ0) is 21.3. The van der Waals surface area contributed by atoms with Crippen LogP contribution in [0.25, 0.3) is 0 Å². The zero-order valence-corrected chi connectivity index (χ0v) is 16.4. The lowest BCUT2D eigenvalue weighted by atomic mass is 10.2. The van der Waals surface area contributed by atoms with Crippen LogP contribution in [0, 0.1) is 24.0 Å². The molecule has 0 aliphatic heterocycles. The van der Waals surface area contributed by atoms with Gasteiger partial charge in [-0.2, -0.15) is 13.2 Å². The Kier molecular flexibility index (Phi) is 5.57. The summed E-state index contributed by atoms with van der Waals surface area (Å²) in [5, 5.41) is 17.2. The van der Waals surface area contributed by atoms with Crippen LogP contribution >= 0.6 is 22.9 Å². The van der Waals surface area contributed by atoms with E-state index in [-0.39, 0.29) is 22.3 Å². The van der Waals surface area contributed by atoms with Crippen molar-refractivity contribution >= 4 is 51.1 Å². The van der Waals surface area contributed by atoms with Crippen molar-refractivity contribution < 1.29 is 18.1 Å². The van der Waals surface area contributed by atoms with Gasteiger partial charge in [-0.15, -0.1) is 11.3 Å². The number of thiazole rings is 1. The fourth-order valence-corrected chi connectivity index (χ4v) is 3.27. The van der Waals surface area contributed by atoms with Gasteiger partial charge in [-0.25, -0.2) is 15.0 Å². The average molecular weight is 445 g/mol. The molecule has 0 saturated carbocycles. The number of nitrogens with one attached hydrogen (secondary N) is 2. The van der Waals surface area contributed by atoms with Gasteiger partial charge in [-0.3, -0.25) is 10.1 Å². The Morgan fingerprint density at radius 1 is 1.17 bits per heavy atom. The molecule has 13 heteroatoms. The van der Waals surface area contributed by atoms with Crippen LogP contribution in [0.3, 0.4) is 0 Å². The minimum absolute atomic E-state index is 0.0633. The second-order valence-corrected chi connectivity index (χ2v) is 7.39. The van der Waals surface area contributed by atoms with Gasteiger partial charge in [0, 0.05) is 4.88 Å².